The molecule has 4 nitrogen and oxygen atoms in total. The van der Waals surface area contributed by atoms with Crippen LogP contribution in [-0.2, 0) is 16.4 Å². The molecule has 0 aromatic heterocycles. The van der Waals surface area contributed by atoms with Gasteiger partial charge >= 0.3 is 37.4 Å². The summed E-state index contributed by atoms with van der Waals surface area (Å²) < 4.78 is 15.6. The average molecular weight is 282 g/mol. The molecule has 0 aliphatic carbocycles. The van der Waals surface area contributed by atoms with E-state index in [0.717, 1.165) is 17.5 Å². The predicted molar refractivity (Wildman–Crippen MR) is 74.3 cm³/mol. The molecule has 0 aliphatic rings. The molecule has 18 heavy (non-hydrogen) atoms. The monoisotopic (exact) mass is 282 g/mol. The number of hydrogen-bond acceptors (Lipinski definition) is 2. The molecule has 2 N–H and O–H groups in total. The molecule has 1 aromatic carbocycles. The van der Waals surface area contributed by atoms with Crippen LogP contribution in [-0.4, -0.2) is 39.3 Å². The Morgan fingerprint density at radius 1 is 1.28 bits per heavy atom. The second-order valence-electron chi connectivity index (χ2n) is 5.02. The molecular weight excluding hydrogens is 262 g/mol. The topological polar surface area (TPSA) is 66.8 Å². The van der Waals surface area contributed by atoms with Gasteiger partial charge in [-0.25, -0.2) is 4.57 Å². The van der Waals surface area contributed by atoms with Crippen LogP contribution < -0.4 is 4.52 Å². The zero-order valence-corrected chi connectivity index (χ0v) is 11.5. The van der Waals surface area contributed by atoms with E-state index < -0.39 is 7.82 Å². The summed E-state index contributed by atoms with van der Waals surface area (Å²) >= 11 is 0. The summed E-state index contributed by atoms with van der Waals surface area (Å²) in [7, 11) is -4.51. The zero-order valence-electron chi connectivity index (χ0n) is 10.6. The van der Waals surface area contributed by atoms with Crippen molar-refractivity contribution in [2.75, 3.05) is 0 Å². The van der Waals surface area contributed by atoms with E-state index >= 15 is 0 Å². The van der Waals surface area contributed by atoms with Gasteiger partial charge in [-0.15, -0.1) is 0 Å². The van der Waals surface area contributed by atoms with E-state index in [2.05, 4.69) is 0 Å². The Balaban J connectivity index is 0.00000289. The molecule has 0 radical (unpaired) electrons. The summed E-state index contributed by atoms with van der Waals surface area (Å²) in [6.07, 6.45) is 0.874. The first-order valence-corrected chi connectivity index (χ1v) is 7.05. The Morgan fingerprint density at radius 3 is 2.22 bits per heavy atom. The van der Waals surface area contributed by atoms with Gasteiger partial charge < -0.3 is 4.52 Å². The summed E-state index contributed by atoms with van der Waals surface area (Å²) in [5.74, 6) is 0.253. The molecule has 0 saturated carbocycles. The normalized spacial score (nSPS) is 11.9. The Bertz CT molecular complexity index is 448. The van der Waals surface area contributed by atoms with E-state index in [9.17, 15) is 4.57 Å². The van der Waals surface area contributed by atoms with Crippen LogP contribution in [0.1, 0.15) is 38.8 Å². The number of phosphoric ester groups is 1. The number of phosphoric acid groups is 1. The van der Waals surface area contributed by atoms with Crippen molar-refractivity contribution in [2.45, 2.75) is 39.5 Å². The van der Waals surface area contributed by atoms with Gasteiger partial charge in [0.2, 0.25) is 0 Å². The quantitative estimate of drug-likeness (QED) is 0.660. The van der Waals surface area contributed by atoms with Gasteiger partial charge in [-0.1, -0.05) is 39.8 Å². The van der Waals surface area contributed by atoms with Crippen molar-refractivity contribution >= 4 is 37.4 Å². The van der Waals surface area contributed by atoms with Crippen molar-refractivity contribution in [1.82, 2.24) is 0 Å². The molecule has 0 bridgehead atoms. The zero-order chi connectivity index (χ0) is 13.3. The van der Waals surface area contributed by atoms with Crippen LogP contribution in [0.3, 0.4) is 0 Å². The van der Waals surface area contributed by atoms with Crippen molar-refractivity contribution in [1.29, 1.82) is 0 Å². The third-order valence-corrected chi connectivity index (χ3v) is 2.91. The van der Waals surface area contributed by atoms with E-state index in [1.54, 1.807) is 6.07 Å². The first-order chi connectivity index (χ1) is 7.63. The molecule has 1 rings (SSSR count). The standard InChI is InChI=1S/C12H19O4P.Na.H/c1-5-9-6-7-11(16-17(13,14)15)10(8-9)12(2,3)4;;/h6-8H,5H2,1-4H3,(H2,13,14,15);;. The van der Waals surface area contributed by atoms with Gasteiger partial charge in [-0.05, 0) is 23.5 Å². The van der Waals surface area contributed by atoms with Gasteiger partial charge in [0.05, 0.1) is 0 Å². The van der Waals surface area contributed by atoms with Crippen LogP contribution in [0.2, 0.25) is 0 Å². The molecule has 0 atom stereocenters. The first-order valence-electron chi connectivity index (χ1n) is 5.52. The summed E-state index contributed by atoms with van der Waals surface area (Å²) in [6, 6.07) is 5.38. The average Bonchev–Trinajstić information content (AvgIpc) is 2.14. The second kappa shape index (κ2) is 6.56. The van der Waals surface area contributed by atoms with Crippen LogP contribution in [0.4, 0.5) is 0 Å². The van der Waals surface area contributed by atoms with Crippen molar-refractivity contribution in [3.63, 3.8) is 0 Å². The third-order valence-electron chi connectivity index (χ3n) is 2.48. The maximum atomic E-state index is 10.9. The molecule has 0 heterocycles. The predicted octanol–water partition coefficient (Wildman–Crippen LogP) is 2.37. The summed E-state index contributed by atoms with van der Waals surface area (Å²) in [4.78, 5) is 17.8. The Kier molecular flexibility index (Phi) is 6.62. The fraction of sp³-hybridized carbons (Fsp3) is 0.500. The Morgan fingerprint density at radius 2 is 1.83 bits per heavy atom. The van der Waals surface area contributed by atoms with Crippen molar-refractivity contribution < 1.29 is 18.9 Å². The maximum absolute atomic E-state index is 10.9. The van der Waals surface area contributed by atoms with Gasteiger partial charge in [0, 0.05) is 5.56 Å². The molecule has 0 saturated heterocycles. The van der Waals surface area contributed by atoms with E-state index in [1.165, 1.54) is 0 Å². The van der Waals surface area contributed by atoms with Crippen LogP contribution in [0.5, 0.6) is 5.75 Å². The van der Waals surface area contributed by atoms with Crippen LogP contribution in [0.25, 0.3) is 0 Å². The molecular formula is C12H20NaO4P. The summed E-state index contributed by atoms with van der Waals surface area (Å²) in [5, 5.41) is 0. The third kappa shape index (κ3) is 5.43. The number of benzene rings is 1. The Labute approximate surface area is 130 Å². The second-order valence-corrected chi connectivity index (χ2v) is 6.18. The fourth-order valence-corrected chi connectivity index (χ4v) is 2.01. The van der Waals surface area contributed by atoms with Gasteiger partial charge in [-0.3, -0.25) is 9.79 Å². The summed E-state index contributed by atoms with van der Waals surface area (Å²) in [5.41, 5.74) is 1.70. The minimum atomic E-state index is -4.51. The molecule has 0 spiro atoms. The van der Waals surface area contributed by atoms with E-state index in [1.807, 2.05) is 39.8 Å². The van der Waals surface area contributed by atoms with E-state index in [-0.39, 0.29) is 40.7 Å². The molecule has 1 aromatic rings. The van der Waals surface area contributed by atoms with Crippen LogP contribution in [0, 0.1) is 0 Å². The fourth-order valence-electron chi connectivity index (χ4n) is 1.59. The molecule has 0 unspecified atom stereocenters. The SMILES string of the molecule is CCc1ccc(OP(=O)(O)O)c(C(C)(C)C)c1.[NaH]. The number of aryl methyl sites for hydroxylation is 1. The van der Waals surface area contributed by atoms with Crippen LogP contribution in [0.15, 0.2) is 18.2 Å². The Hall–Kier alpha value is 0.170. The summed E-state index contributed by atoms with van der Waals surface area (Å²) in [6.45, 7) is 7.97. The van der Waals surface area contributed by atoms with Crippen molar-refractivity contribution in [2.24, 2.45) is 0 Å². The van der Waals surface area contributed by atoms with Gasteiger partial charge in [0.1, 0.15) is 5.75 Å². The molecule has 6 heteroatoms. The minimum absolute atomic E-state index is 0. The molecule has 0 amide bonds. The molecule has 0 fully saturated rings. The van der Waals surface area contributed by atoms with Gasteiger partial charge in [-0.2, -0.15) is 0 Å². The van der Waals surface area contributed by atoms with Crippen LogP contribution >= 0.6 is 7.82 Å². The first kappa shape index (κ1) is 18.2. The van der Waals surface area contributed by atoms with Gasteiger partial charge in [0.25, 0.3) is 0 Å². The van der Waals surface area contributed by atoms with E-state index in [0.29, 0.717) is 0 Å². The van der Waals surface area contributed by atoms with E-state index in [4.69, 9.17) is 14.3 Å². The number of rotatable bonds is 3. The van der Waals surface area contributed by atoms with Crippen molar-refractivity contribution in [3.05, 3.63) is 29.3 Å². The van der Waals surface area contributed by atoms with Gasteiger partial charge in [0.15, 0.2) is 0 Å². The molecule has 0 aliphatic heterocycles. The molecule has 98 valence electrons. The number of hydrogen-bond donors (Lipinski definition) is 2. The van der Waals surface area contributed by atoms with Crippen molar-refractivity contribution in [3.8, 4) is 5.75 Å².